The van der Waals surface area contributed by atoms with E-state index in [1.54, 1.807) is 0 Å². The maximum Gasteiger partial charge on any atom is 0.241 e. The van der Waals surface area contributed by atoms with Crippen molar-refractivity contribution in [3.63, 3.8) is 0 Å². The van der Waals surface area contributed by atoms with Gasteiger partial charge in [0, 0.05) is 17.7 Å². The number of fused-ring (bicyclic) bond motifs is 1. The summed E-state index contributed by atoms with van der Waals surface area (Å²) in [5, 5.41) is 21.7. The zero-order chi connectivity index (χ0) is 18.8. The molecule has 4 rings (SSSR count). The van der Waals surface area contributed by atoms with Gasteiger partial charge >= 0.3 is 0 Å². The molecule has 6 nitrogen and oxygen atoms in total. The number of rotatable bonds is 5. The molecule has 0 aromatic carbocycles. The number of aliphatic hydroxyl groups is 1. The molecule has 0 radical (unpaired) electrons. The summed E-state index contributed by atoms with van der Waals surface area (Å²) in [7, 11) is 0. The van der Waals surface area contributed by atoms with E-state index in [9.17, 15) is 5.11 Å². The van der Waals surface area contributed by atoms with Gasteiger partial charge in [0.25, 0.3) is 0 Å². The lowest BCUT2D eigenvalue weighted by molar-refractivity contribution is 0.121. The standard InChI is InChI=1S/C21H33N5O/c1-3-14(2)24-21-23-13-20-18(15-8-10-22-11-9-15)12-19(26(20)25-21)16-4-6-17(27)7-5-16/h12-17,22,27H,3-11H2,1-2H3,(H,24,25)/t14?,16-,17-. The van der Waals surface area contributed by atoms with Gasteiger partial charge < -0.3 is 15.7 Å². The van der Waals surface area contributed by atoms with Gasteiger partial charge in [-0.25, -0.2) is 9.50 Å². The summed E-state index contributed by atoms with van der Waals surface area (Å²) in [5.41, 5.74) is 3.88. The summed E-state index contributed by atoms with van der Waals surface area (Å²) in [6.07, 6.45) is 9.14. The highest BCUT2D eigenvalue weighted by Gasteiger charge is 2.27. The molecule has 3 N–H and O–H groups in total. The smallest absolute Gasteiger partial charge is 0.241 e. The number of hydrogen-bond donors (Lipinski definition) is 3. The quantitative estimate of drug-likeness (QED) is 0.751. The van der Waals surface area contributed by atoms with Crippen LogP contribution in [0.5, 0.6) is 0 Å². The van der Waals surface area contributed by atoms with Gasteiger partial charge in [-0.1, -0.05) is 6.92 Å². The summed E-state index contributed by atoms with van der Waals surface area (Å²) in [5.74, 6) is 1.77. The number of nitrogens with zero attached hydrogens (tertiary/aromatic N) is 3. The molecule has 0 spiro atoms. The molecular formula is C21H33N5O. The topological polar surface area (TPSA) is 74.5 Å². The van der Waals surface area contributed by atoms with Crippen molar-refractivity contribution in [2.45, 2.75) is 82.8 Å². The van der Waals surface area contributed by atoms with Crippen LogP contribution in [0.3, 0.4) is 0 Å². The predicted octanol–water partition coefficient (Wildman–Crippen LogP) is 3.43. The van der Waals surface area contributed by atoms with Crippen molar-refractivity contribution in [2.75, 3.05) is 18.4 Å². The lowest BCUT2D eigenvalue weighted by atomic mass is 9.84. The Balaban J connectivity index is 1.72. The number of hydrogen-bond acceptors (Lipinski definition) is 5. The van der Waals surface area contributed by atoms with Crippen LogP contribution in [-0.4, -0.2) is 44.9 Å². The summed E-state index contributed by atoms with van der Waals surface area (Å²) >= 11 is 0. The van der Waals surface area contributed by atoms with Crippen molar-refractivity contribution in [1.82, 2.24) is 19.9 Å². The van der Waals surface area contributed by atoms with E-state index in [0.29, 0.717) is 23.8 Å². The van der Waals surface area contributed by atoms with Crippen LogP contribution >= 0.6 is 0 Å². The van der Waals surface area contributed by atoms with E-state index >= 15 is 0 Å². The Kier molecular flexibility index (Phi) is 5.64. The molecule has 1 unspecified atom stereocenters. The minimum absolute atomic E-state index is 0.131. The van der Waals surface area contributed by atoms with E-state index in [4.69, 9.17) is 5.10 Å². The van der Waals surface area contributed by atoms with Crippen LogP contribution in [0, 0.1) is 0 Å². The van der Waals surface area contributed by atoms with Gasteiger partial charge in [0.15, 0.2) is 0 Å². The fourth-order valence-corrected chi connectivity index (χ4v) is 4.55. The average molecular weight is 372 g/mol. The van der Waals surface area contributed by atoms with E-state index < -0.39 is 0 Å². The fourth-order valence-electron chi connectivity index (χ4n) is 4.55. The molecule has 1 aliphatic heterocycles. The van der Waals surface area contributed by atoms with Crippen molar-refractivity contribution in [2.24, 2.45) is 0 Å². The molecule has 2 aromatic rings. The van der Waals surface area contributed by atoms with Crippen LogP contribution in [0.2, 0.25) is 0 Å². The zero-order valence-electron chi connectivity index (χ0n) is 16.6. The molecule has 148 valence electrons. The van der Waals surface area contributed by atoms with Crippen LogP contribution < -0.4 is 10.6 Å². The zero-order valence-corrected chi connectivity index (χ0v) is 16.6. The Morgan fingerprint density at radius 3 is 2.63 bits per heavy atom. The van der Waals surface area contributed by atoms with Crippen molar-refractivity contribution in [3.8, 4) is 0 Å². The minimum atomic E-state index is -0.131. The first-order valence-electron chi connectivity index (χ1n) is 10.7. The molecule has 2 aromatic heterocycles. The van der Waals surface area contributed by atoms with Crippen LogP contribution in [0.4, 0.5) is 5.95 Å². The third-order valence-electron chi connectivity index (χ3n) is 6.46. The number of aliphatic hydroxyl groups excluding tert-OH is 1. The first kappa shape index (κ1) is 18.7. The molecule has 1 saturated carbocycles. The monoisotopic (exact) mass is 371 g/mol. The number of anilines is 1. The number of piperidine rings is 1. The summed E-state index contributed by atoms with van der Waals surface area (Å²) < 4.78 is 2.15. The molecule has 3 heterocycles. The van der Waals surface area contributed by atoms with Gasteiger partial charge in [-0.05, 0) is 82.5 Å². The number of aromatic nitrogens is 3. The van der Waals surface area contributed by atoms with Crippen LogP contribution in [0.1, 0.15) is 81.9 Å². The van der Waals surface area contributed by atoms with Gasteiger partial charge in [-0.2, -0.15) is 0 Å². The largest absolute Gasteiger partial charge is 0.393 e. The van der Waals surface area contributed by atoms with E-state index in [2.05, 4.69) is 40.0 Å². The first-order valence-corrected chi connectivity index (χ1v) is 10.7. The molecule has 1 saturated heterocycles. The van der Waals surface area contributed by atoms with Gasteiger partial charge in [0.1, 0.15) is 0 Å². The Hall–Kier alpha value is -1.66. The predicted molar refractivity (Wildman–Crippen MR) is 108 cm³/mol. The maximum absolute atomic E-state index is 9.92. The Morgan fingerprint density at radius 2 is 1.93 bits per heavy atom. The minimum Gasteiger partial charge on any atom is -0.393 e. The van der Waals surface area contributed by atoms with Crippen molar-refractivity contribution >= 4 is 11.5 Å². The maximum atomic E-state index is 9.92. The molecule has 1 atom stereocenters. The van der Waals surface area contributed by atoms with Crippen LogP contribution in [-0.2, 0) is 0 Å². The molecule has 0 amide bonds. The Bertz CT molecular complexity index is 759. The highest BCUT2D eigenvalue weighted by molar-refractivity contribution is 5.58. The highest BCUT2D eigenvalue weighted by atomic mass is 16.3. The second-order valence-corrected chi connectivity index (χ2v) is 8.39. The van der Waals surface area contributed by atoms with Crippen molar-refractivity contribution in [1.29, 1.82) is 0 Å². The summed E-state index contributed by atoms with van der Waals surface area (Å²) in [6, 6.07) is 2.75. The fraction of sp³-hybridized carbons (Fsp3) is 0.714. The molecule has 27 heavy (non-hydrogen) atoms. The van der Waals surface area contributed by atoms with Crippen molar-refractivity contribution in [3.05, 3.63) is 23.5 Å². The van der Waals surface area contributed by atoms with Gasteiger partial charge in [-0.3, -0.25) is 0 Å². The molecule has 2 fully saturated rings. The molecular weight excluding hydrogens is 338 g/mol. The highest BCUT2D eigenvalue weighted by Crippen LogP contribution is 2.38. The normalized spacial score (nSPS) is 25.6. The van der Waals surface area contributed by atoms with Crippen molar-refractivity contribution < 1.29 is 5.11 Å². The van der Waals surface area contributed by atoms with Crippen LogP contribution in [0.25, 0.3) is 5.52 Å². The lowest BCUT2D eigenvalue weighted by Gasteiger charge is -2.25. The Morgan fingerprint density at radius 1 is 1.19 bits per heavy atom. The summed E-state index contributed by atoms with van der Waals surface area (Å²) in [4.78, 5) is 4.62. The number of nitrogens with one attached hydrogen (secondary N) is 2. The molecule has 2 aliphatic rings. The molecule has 6 heteroatoms. The Labute approximate surface area is 161 Å². The second-order valence-electron chi connectivity index (χ2n) is 8.39. The average Bonchev–Trinajstić information content (AvgIpc) is 3.08. The summed E-state index contributed by atoms with van der Waals surface area (Å²) in [6.45, 7) is 6.50. The first-order chi connectivity index (χ1) is 13.2. The third-order valence-corrected chi connectivity index (χ3v) is 6.46. The second kappa shape index (κ2) is 8.15. The molecule has 0 bridgehead atoms. The van der Waals surface area contributed by atoms with E-state index in [1.807, 2.05) is 6.20 Å². The van der Waals surface area contributed by atoms with Gasteiger partial charge in [0.2, 0.25) is 5.95 Å². The van der Waals surface area contributed by atoms with E-state index in [0.717, 1.165) is 50.7 Å². The van der Waals surface area contributed by atoms with Gasteiger partial charge in [-0.15, -0.1) is 5.10 Å². The van der Waals surface area contributed by atoms with E-state index in [-0.39, 0.29) is 6.10 Å². The third kappa shape index (κ3) is 3.97. The van der Waals surface area contributed by atoms with Gasteiger partial charge in [0.05, 0.1) is 17.8 Å². The van der Waals surface area contributed by atoms with Crippen LogP contribution in [0.15, 0.2) is 12.3 Å². The lowest BCUT2D eigenvalue weighted by Crippen LogP contribution is -2.26. The van der Waals surface area contributed by atoms with E-state index in [1.165, 1.54) is 24.1 Å². The molecule has 1 aliphatic carbocycles. The SMILES string of the molecule is CCC(C)Nc1ncc2c(C3CCNCC3)cc([C@H]3CC[C@H](O)CC3)n2n1.